The summed E-state index contributed by atoms with van der Waals surface area (Å²) < 4.78 is 2.18. The van der Waals surface area contributed by atoms with Crippen LogP contribution in [0.25, 0.3) is 5.69 Å². The number of carbonyl (C=O) groups is 1. The third-order valence-electron chi connectivity index (χ3n) is 6.12. The number of hydrogen-bond donors (Lipinski definition) is 0. The zero-order chi connectivity index (χ0) is 18.1. The van der Waals surface area contributed by atoms with Crippen molar-refractivity contribution in [3.8, 4) is 5.69 Å². The minimum atomic E-state index is 0.186. The minimum Gasteiger partial charge on any atom is -0.336 e. The van der Waals surface area contributed by atoms with E-state index in [1.54, 1.807) is 0 Å². The van der Waals surface area contributed by atoms with E-state index in [0.29, 0.717) is 0 Å². The number of carbonyl (C=O) groups excluding carboxylic acids is 1. The second kappa shape index (κ2) is 7.28. The summed E-state index contributed by atoms with van der Waals surface area (Å²) in [5, 5.41) is 0. The van der Waals surface area contributed by atoms with Crippen LogP contribution in [0.3, 0.4) is 0 Å². The van der Waals surface area contributed by atoms with Gasteiger partial charge in [0.05, 0.1) is 5.56 Å². The molecule has 1 aromatic carbocycles. The monoisotopic (exact) mass is 351 g/mol. The largest absolute Gasteiger partial charge is 0.336 e. The van der Waals surface area contributed by atoms with Gasteiger partial charge < -0.3 is 9.47 Å². The molecule has 1 aliphatic carbocycles. The molecule has 1 amide bonds. The van der Waals surface area contributed by atoms with Gasteiger partial charge in [-0.2, -0.15) is 0 Å². The first-order valence-corrected chi connectivity index (χ1v) is 9.93. The number of nitrogens with zero attached hydrogens (tertiary/aromatic N) is 3. The highest BCUT2D eigenvalue weighted by Gasteiger charge is 2.29. The molecule has 0 unspecified atom stereocenters. The van der Waals surface area contributed by atoms with Crippen molar-refractivity contribution in [1.29, 1.82) is 0 Å². The minimum absolute atomic E-state index is 0.186. The molecule has 2 fully saturated rings. The van der Waals surface area contributed by atoms with Gasteiger partial charge in [0.1, 0.15) is 0 Å². The number of rotatable bonds is 3. The normalized spacial score (nSPS) is 19.2. The number of aromatic nitrogens is 1. The summed E-state index contributed by atoms with van der Waals surface area (Å²) >= 11 is 0. The molecule has 1 aromatic heterocycles. The molecule has 26 heavy (non-hydrogen) atoms. The van der Waals surface area contributed by atoms with E-state index in [0.717, 1.165) is 54.9 Å². The zero-order valence-corrected chi connectivity index (χ0v) is 15.9. The Morgan fingerprint density at radius 3 is 2.27 bits per heavy atom. The molecule has 0 spiro atoms. The number of aryl methyl sites for hydroxylation is 1. The van der Waals surface area contributed by atoms with Gasteiger partial charge in [-0.25, -0.2) is 0 Å². The van der Waals surface area contributed by atoms with E-state index in [2.05, 4.69) is 35.4 Å². The van der Waals surface area contributed by atoms with Crippen molar-refractivity contribution in [3.05, 3.63) is 53.3 Å². The number of amides is 1. The van der Waals surface area contributed by atoms with E-state index in [-0.39, 0.29) is 5.91 Å². The Morgan fingerprint density at radius 1 is 0.962 bits per heavy atom. The van der Waals surface area contributed by atoms with E-state index in [4.69, 9.17) is 0 Å². The lowest BCUT2D eigenvalue weighted by molar-refractivity contribution is 0.0572. The first-order chi connectivity index (χ1) is 12.6. The molecule has 4 rings (SSSR count). The Balaban J connectivity index is 1.49. The molecule has 0 bridgehead atoms. The summed E-state index contributed by atoms with van der Waals surface area (Å²) in [7, 11) is 0. The van der Waals surface area contributed by atoms with Gasteiger partial charge in [0, 0.05) is 49.3 Å². The lowest BCUT2D eigenvalue weighted by atomic mass is 10.1. The quantitative estimate of drug-likeness (QED) is 0.842. The number of benzene rings is 1. The smallest absolute Gasteiger partial charge is 0.255 e. The molecule has 0 N–H and O–H groups in total. The molecule has 1 saturated heterocycles. The first-order valence-electron chi connectivity index (χ1n) is 9.93. The van der Waals surface area contributed by atoms with E-state index in [1.807, 2.05) is 29.2 Å². The third kappa shape index (κ3) is 3.18. The van der Waals surface area contributed by atoms with E-state index >= 15 is 0 Å². The summed E-state index contributed by atoms with van der Waals surface area (Å²) in [6.45, 7) is 7.88. The van der Waals surface area contributed by atoms with Gasteiger partial charge in [0.2, 0.25) is 0 Å². The van der Waals surface area contributed by atoms with E-state index < -0.39 is 0 Å². The summed E-state index contributed by atoms with van der Waals surface area (Å²) in [5.74, 6) is 0.186. The van der Waals surface area contributed by atoms with Crippen molar-refractivity contribution in [2.75, 3.05) is 26.2 Å². The van der Waals surface area contributed by atoms with Crippen molar-refractivity contribution >= 4 is 5.91 Å². The summed E-state index contributed by atoms with van der Waals surface area (Å²) in [6.07, 6.45) is 5.42. The van der Waals surface area contributed by atoms with Gasteiger partial charge in [-0.1, -0.05) is 31.0 Å². The van der Waals surface area contributed by atoms with Crippen LogP contribution in [0.5, 0.6) is 0 Å². The molecule has 2 aliphatic rings. The Kier molecular flexibility index (Phi) is 4.86. The highest BCUT2D eigenvalue weighted by atomic mass is 16.2. The number of hydrogen-bond acceptors (Lipinski definition) is 2. The topological polar surface area (TPSA) is 28.5 Å². The van der Waals surface area contributed by atoms with Crippen molar-refractivity contribution in [2.45, 2.75) is 45.6 Å². The molecule has 4 heteroatoms. The second-order valence-electron chi connectivity index (χ2n) is 7.72. The van der Waals surface area contributed by atoms with Crippen molar-refractivity contribution < 1.29 is 4.79 Å². The molecular weight excluding hydrogens is 322 g/mol. The van der Waals surface area contributed by atoms with Gasteiger partial charge in [-0.15, -0.1) is 0 Å². The predicted octanol–water partition coefficient (Wildman–Crippen LogP) is 3.79. The van der Waals surface area contributed by atoms with Gasteiger partial charge in [-0.3, -0.25) is 9.69 Å². The van der Waals surface area contributed by atoms with E-state index in [1.165, 1.54) is 25.7 Å². The average Bonchev–Trinajstić information content (AvgIpc) is 3.30. The molecule has 1 saturated carbocycles. The second-order valence-corrected chi connectivity index (χ2v) is 7.72. The molecule has 1 aliphatic heterocycles. The van der Waals surface area contributed by atoms with Crippen LogP contribution in [-0.2, 0) is 0 Å². The Bertz CT molecular complexity index is 766. The highest BCUT2D eigenvalue weighted by Crippen LogP contribution is 2.26. The fraction of sp³-hybridized carbons (Fsp3) is 0.500. The molecular formula is C22H29N3O. The maximum Gasteiger partial charge on any atom is 0.255 e. The zero-order valence-electron chi connectivity index (χ0n) is 15.9. The van der Waals surface area contributed by atoms with Gasteiger partial charge in [0.25, 0.3) is 5.91 Å². The summed E-state index contributed by atoms with van der Waals surface area (Å²) in [4.78, 5) is 17.8. The molecule has 138 valence electrons. The first kappa shape index (κ1) is 17.3. The molecule has 2 heterocycles. The fourth-order valence-electron chi connectivity index (χ4n) is 4.68. The van der Waals surface area contributed by atoms with Gasteiger partial charge >= 0.3 is 0 Å². The number of piperazine rings is 1. The maximum atomic E-state index is 13.1. The fourth-order valence-corrected chi connectivity index (χ4v) is 4.68. The Hall–Kier alpha value is -2.07. The van der Waals surface area contributed by atoms with Crippen LogP contribution in [0.1, 0.15) is 47.4 Å². The van der Waals surface area contributed by atoms with Crippen LogP contribution in [0, 0.1) is 13.8 Å². The standard InChI is InChI=1S/C22H29N3O/c1-17-16-21(18(2)25(17)20-10-4-3-5-11-20)22(26)24-14-12-23(13-15-24)19-8-6-7-9-19/h3-5,10-11,16,19H,6-9,12-15H2,1-2H3. The molecule has 0 atom stereocenters. The van der Waals surface area contributed by atoms with Crippen molar-refractivity contribution in [3.63, 3.8) is 0 Å². The Morgan fingerprint density at radius 2 is 1.62 bits per heavy atom. The predicted molar refractivity (Wildman–Crippen MR) is 105 cm³/mol. The van der Waals surface area contributed by atoms with Crippen molar-refractivity contribution in [2.24, 2.45) is 0 Å². The highest BCUT2D eigenvalue weighted by molar-refractivity contribution is 5.96. The van der Waals surface area contributed by atoms with Crippen LogP contribution in [0.2, 0.25) is 0 Å². The van der Waals surface area contributed by atoms with Gasteiger partial charge in [0.15, 0.2) is 0 Å². The number of para-hydroxylation sites is 1. The van der Waals surface area contributed by atoms with Crippen LogP contribution in [0.4, 0.5) is 0 Å². The van der Waals surface area contributed by atoms with Gasteiger partial charge in [-0.05, 0) is 44.9 Å². The maximum absolute atomic E-state index is 13.1. The summed E-state index contributed by atoms with van der Waals surface area (Å²) in [5.41, 5.74) is 4.12. The molecule has 4 nitrogen and oxygen atoms in total. The average molecular weight is 351 g/mol. The van der Waals surface area contributed by atoms with Crippen LogP contribution in [-0.4, -0.2) is 52.5 Å². The lowest BCUT2D eigenvalue weighted by Crippen LogP contribution is -2.51. The summed E-state index contributed by atoms with van der Waals surface area (Å²) in [6, 6.07) is 13.1. The van der Waals surface area contributed by atoms with Crippen LogP contribution >= 0.6 is 0 Å². The van der Waals surface area contributed by atoms with E-state index in [9.17, 15) is 4.79 Å². The Labute approximate surface area is 156 Å². The lowest BCUT2D eigenvalue weighted by Gasteiger charge is -2.38. The SMILES string of the molecule is Cc1cc(C(=O)N2CCN(C3CCCC3)CC2)c(C)n1-c1ccccc1. The van der Waals surface area contributed by atoms with Crippen LogP contribution in [0.15, 0.2) is 36.4 Å². The molecule has 0 radical (unpaired) electrons. The third-order valence-corrected chi connectivity index (χ3v) is 6.12. The van der Waals surface area contributed by atoms with Crippen molar-refractivity contribution in [1.82, 2.24) is 14.4 Å². The van der Waals surface area contributed by atoms with Crippen LogP contribution < -0.4 is 0 Å². The molecule has 2 aromatic rings.